The van der Waals surface area contributed by atoms with Gasteiger partial charge in [-0.05, 0) is 13.3 Å². The van der Waals surface area contributed by atoms with Crippen molar-refractivity contribution in [2.75, 3.05) is 0 Å². The van der Waals surface area contributed by atoms with Crippen LogP contribution < -0.4 is 0 Å². The number of aryl methyl sites for hydroxylation is 1. The van der Waals surface area contributed by atoms with Crippen LogP contribution in [-0.2, 0) is 6.42 Å². The van der Waals surface area contributed by atoms with Gasteiger partial charge in [-0.15, -0.1) is 0 Å². The van der Waals surface area contributed by atoms with Crippen molar-refractivity contribution in [2.24, 2.45) is 0 Å². The van der Waals surface area contributed by atoms with Gasteiger partial charge >= 0.3 is 5.97 Å². The van der Waals surface area contributed by atoms with E-state index in [9.17, 15) is 4.79 Å². The van der Waals surface area contributed by atoms with E-state index in [0.717, 1.165) is 17.7 Å². The Morgan fingerprint density at radius 2 is 2.36 bits per heavy atom. The van der Waals surface area contributed by atoms with E-state index in [-0.39, 0.29) is 5.69 Å². The third kappa shape index (κ3) is 1.24. The first-order valence-electron chi connectivity index (χ1n) is 3.44. The summed E-state index contributed by atoms with van der Waals surface area (Å²) in [5, 5.41) is 14.9. The van der Waals surface area contributed by atoms with Crippen LogP contribution in [0.2, 0.25) is 0 Å². The van der Waals surface area contributed by atoms with Gasteiger partial charge in [-0.2, -0.15) is 5.10 Å². The Morgan fingerprint density at radius 1 is 1.73 bits per heavy atom. The molecule has 1 rings (SSSR count). The highest BCUT2D eigenvalue weighted by Gasteiger charge is 2.12. The molecule has 0 aliphatic heterocycles. The lowest BCUT2D eigenvalue weighted by Crippen LogP contribution is -1.98. The Morgan fingerprint density at radius 3 is 2.64 bits per heavy atom. The second kappa shape index (κ2) is 2.74. The summed E-state index contributed by atoms with van der Waals surface area (Å²) in [6, 6.07) is 0. The molecule has 0 unspecified atom stereocenters. The summed E-state index contributed by atoms with van der Waals surface area (Å²) in [5.74, 6) is -0.949. The highest BCUT2D eigenvalue weighted by atomic mass is 16.4. The molecule has 0 bridgehead atoms. The van der Waals surface area contributed by atoms with Gasteiger partial charge in [0, 0.05) is 5.56 Å². The Kier molecular flexibility index (Phi) is 1.94. The number of H-pyrrole nitrogens is 1. The molecule has 0 atom stereocenters. The van der Waals surface area contributed by atoms with Gasteiger partial charge in [0.15, 0.2) is 0 Å². The summed E-state index contributed by atoms with van der Waals surface area (Å²) < 4.78 is 0. The Labute approximate surface area is 64.2 Å². The lowest BCUT2D eigenvalue weighted by atomic mass is 10.2. The second-order valence-corrected chi connectivity index (χ2v) is 2.33. The number of aromatic amines is 1. The van der Waals surface area contributed by atoms with Crippen LogP contribution in [0.1, 0.15) is 28.7 Å². The van der Waals surface area contributed by atoms with Crippen molar-refractivity contribution in [1.29, 1.82) is 0 Å². The van der Waals surface area contributed by atoms with E-state index in [1.165, 1.54) is 0 Å². The molecule has 0 fully saturated rings. The Hall–Kier alpha value is -1.32. The number of carbonyl (C=O) groups is 1. The maximum atomic E-state index is 10.5. The van der Waals surface area contributed by atoms with Crippen LogP contribution in [0, 0.1) is 6.92 Å². The number of hydrogen-bond donors (Lipinski definition) is 2. The zero-order valence-electron chi connectivity index (χ0n) is 6.51. The summed E-state index contributed by atoms with van der Waals surface area (Å²) in [7, 11) is 0. The molecule has 1 aromatic rings. The van der Waals surface area contributed by atoms with Crippen molar-refractivity contribution in [1.82, 2.24) is 10.2 Å². The summed E-state index contributed by atoms with van der Waals surface area (Å²) in [6.07, 6.45) is 0.760. The fraction of sp³-hybridized carbons (Fsp3) is 0.429. The monoisotopic (exact) mass is 154 g/mol. The number of carboxylic acids is 1. The van der Waals surface area contributed by atoms with Crippen LogP contribution in [0.3, 0.4) is 0 Å². The summed E-state index contributed by atoms with van der Waals surface area (Å²) in [4.78, 5) is 10.5. The molecule has 0 saturated carbocycles. The molecule has 0 aromatic carbocycles. The minimum Gasteiger partial charge on any atom is -0.477 e. The van der Waals surface area contributed by atoms with E-state index in [1.54, 1.807) is 6.92 Å². The zero-order valence-corrected chi connectivity index (χ0v) is 6.51. The summed E-state index contributed by atoms with van der Waals surface area (Å²) in [5.41, 5.74) is 1.75. The maximum absolute atomic E-state index is 10.5. The number of aromatic carboxylic acids is 1. The maximum Gasteiger partial charge on any atom is 0.354 e. The molecule has 0 saturated heterocycles. The second-order valence-electron chi connectivity index (χ2n) is 2.33. The summed E-state index contributed by atoms with van der Waals surface area (Å²) in [6.45, 7) is 3.70. The van der Waals surface area contributed by atoms with Gasteiger partial charge in [0.05, 0.1) is 5.69 Å². The van der Waals surface area contributed by atoms with E-state index in [0.29, 0.717) is 0 Å². The van der Waals surface area contributed by atoms with Crippen LogP contribution in [-0.4, -0.2) is 21.3 Å². The van der Waals surface area contributed by atoms with Crippen molar-refractivity contribution < 1.29 is 9.90 Å². The van der Waals surface area contributed by atoms with E-state index in [1.807, 2.05) is 6.92 Å². The molecule has 60 valence electrons. The van der Waals surface area contributed by atoms with Crippen molar-refractivity contribution in [3.05, 3.63) is 17.0 Å². The lowest BCUT2D eigenvalue weighted by molar-refractivity contribution is 0.0689. The van der Waals surface area contributed by atoms with Gasteiger partial charge in [-0.25, -0.2) is 4.79 Å². The minimum atomic E-state index is -0.949. The predicted molar refractivity (Wildman–Crippen MR) is 39.7 cm³/mol. The van der Waals surface area contributed by atoms with E-state index >= 15 is 0 Å². The molecular weight excluding hydrogens is 144 g/mol. The number of hydrogen-bond acceptors (Lipinski definition) is 2. The first-order valence-corrected chi connectivity index (χ1v) is 3.44. The number of rotatable bonds is 2. The van der Waals surface area contributed by atoms with Crippen LogP contribution in [0.15, 0.2) is 0 Å². The first-order chi connectivity index (χ1) is 5.16. The smallest absolute Gasteiger partial charge is 0.354 e. The highest BCUT2D eigenvalue weighted by molar-refractivity contribution is 5.87. The topological polar surface area (TPSA) is 66.0 Å². The molecular formula is C7H10N2O2. The van der Waals surface area contributed by atoms with Crippen molar-refractivity contribution in [3.63, 3.8) is 0 Å². The van der Waals surface area contributed by atoms with Crippen molar-refractivity contribution in [2.45, 2.75) is 20.3 Å². The average Bonchev–Trinajstić information content (AvgIpc) is 2.30. The zero-order chi connectivity index (χ0) is 8.43. The largest absolute Gasteiger partial charge is 0.477 e. The van der Waals surface area contributed by atoms with Gasteiger partial charge in [0.1, 0.15) is 5.69 Å². The number of carboxylic acid groups (broad SMARTS) is 1. The first kappa shape index (κ1) is 7.78. The van der Waals surface area contributed by atoms with Crippen molar-refractivity contribution >= 4 is 5.97 Å². The minimum absolute atomic E-state index is 0.196. The van der Waals surface area contributed by atoms with Gasteiger partial charge in [-0.3, -0.25) is 5.10 Å². The molecule has 0 amide bonds. The van der Waals surface area contributed by atoms with Crippen molar-refractivity contribution in [3.8, 4) is 0 Å². The predicted octanol–water partition coefficient (Wildman–Crippen LogP) is 0.979. The standard InChI is InChI=1S/C7H10N2O2/c1-3-5-4(2)6(7(10)11)9-8-5/h3H2,1-2H3,(H,8,9)(H,10,11). The van der Waals surface area contributed by atoms with Gasteiger partial charge in [0.2, 0.25) is 0 Å². The van der Waals surface area contributed by atoms with E-state index in [2.05, 4.69) is 10.2 Å². The molecule has 4 heteroatoms. The fourth-order valence-electron chi connectivity index (χ4n) is 0.988. The van der Waals surface area contributed by atoms with Gasteiger partial charge < -0.3 is 5.11 Å². The fourth-order valence-corrected chi connectivity index (χ4v) is 0.988. The Balaban J connectivity index is 3.10. The molecule has 0 spiro atoms. The number of aromatic nitrogens is 2. The molecule has 4 nitrogen and oxygen atoms in total. The SMILES string of the molecule is CCc1n[nH]c(C(=O)O)c1C. The molecule has 1 heterocycles. The summed E-state index contributed by atoms with van der Waals surface area (Å²) >= 11 is 0. The molecule has 0 aliphatic carbocycles. The van der Waals surface area contributed by atoms with Gasteiger partial charge in [0.25, 0.3) is 0 Å². The third-order valence-electron chi connectivity index (χ3n) is 1.66. The molecule has 1 aromatic heterocycles. The number of nitrogens with zero attached hydrogens (tertiary/aromatic N) is 1. The van der Waals surface area contributed by atoms with E-state index in [4.69, 9.17) is 5.11 Å². The normalized spacial score (nSPS) is 10.0. The van der Waals surface area contributed by atoms with Crippen LogP contribution in [0.4, 0.5) is 0 Å². The molecule has 0 radical (unpaired) electrons. The molecule has 0 aliphatic rings. The average molecular weight is 154 g/mol. The van der Waals surface area contributed by atoms with E-state index < -0.39 is 5.97 Å². The number of nitrogens with one attached hydrogen (secondary N) is 1. The molecule has 2 N–H and O–H groups in total. The van der Waals surface area contributed by atoms with Crippen LogP contribution in [0.25, 0.3) is 0 Å². The van der Waals surface area contributed by atoms with Crippen LogP contribution >= 0.6 is 0 Å². The van der Waals surface area contributed by atoms with Crippen LogP contribution in [0.5, 0.6) is 0 Å². The Bertz CT molecular complexity index is 278. The highest BCUT2D eigenvalue weighted by Crippen LogP contribution is 2.09. The molecule has 11 heavy (non-hydrogen) atoms. The van der Waals surface area contributed by atoms with Gasteiger partial charge in [-0.1, -0.05) is 6.92 Å². The third-order valence-corrected chi connectivity index (χ3v) is 1.66. The lowest BCUT2D eigenvalue weighted by Gasteiger charge is -1.90. The quantitative estimate of drug-likeness (QED) is 0.667.